The molecule has 1 aromatic rings. The van der Waals surface area contributed by atoms with Crippen LogP contribution in [0.15, 0.2) is 27.6 Å². The van der Waals surface area contributed by atoms with Gasteiger partial charge in [-0.2, -0.15) is 0 Å². The second-order valence-corrected chi connectivity index (χ2v) is 6.42. The van der Waals surface area contributed by atoms with Crippen molar-refractivity contribution in [2.45, 2.75) is 4.90 Å². The van der Waals surface area contributed by atoms with Gasteiger partial charge in [-0.05, 0) is 34.1 Å². The molecule has 0 amide bonds. The molecule has 0 radical (unpaired) electrons. The lowest BCUT2D eigenvalue weighted by Gasteiger charge is -2.06. The van der Waals surface area contributed by atoms with Gasteiger partial charge < -0.3 is 5.73 Å². The fraction of sp³-hybridized carbons (Fsp3) is 0.125. The van der Waals surface area contributed by atoms with E-state index in [1.54, 1.807) is 0 Å². The minimum atomic E-state index is -3.60. The molecule has 3 N–H and O–H groups in total. The van der Waals surface area contributed by atoms with Crippen molar-refractivity contribution in [1.82, 2.24) is 4.72 Å². The molecule has 0 aliphatic rings. The molecule has 88 valence electrons. The standard InChI is InChI=1S/C8H8BrClN2O2S2/c9-6-3-5(1-2-7(6)10)16(13,14)12-4-8(11)15/h1-3,12H,4H2,(H2,11,15). The first-order valence-electron chi connectivity index (χ1n) is 4.06. The van der Waals surface area contributed by atoms with E-state index in [2.05, 4.69) is 32.9 Å². The third-order valence-electron chi connectivity index (χ3n) is 1.64. The number of halogens is 2. The fourth-order valence-electron chi connectivity index (χ4n) is 0.893. The van der Waals surface area contributed by atoms with Crippen molar-refractivity contribution >= 4 is 54.8 Å². The third-order valence-corrected chi connectivity index (χ3v) is 4.39. The monoisotopic (exact) mass is 342 g/mol. The number of sulfonamides is 1. The predicted molar refractivity (Wildman–Crippen MR) is 71.1 cm³/mol. The summed E-state index contributed by atoms with van der Waals surface area (Å²) in [6.45, 7) is -0.0715. The Morgan fingerprint density at radius 2 is 2.19 bits per heavy atom. The maximum atomic E-state index is 11.7. The summed E-state index contributed by atoms with van der Waals surface area (Å²) in [7, 11) is -3.60. The number of hydrogen-bond donors (Lipinski definition) is 2. The molecule has 0 bridgehead atoms. The molecule has 0 spiro atoms. The Hall–Kier alpha value is -0.210. The van der Waals surface area contributed by atoms with Gasteiger partial charge in [0.1, 0.15) is 0 Å². The molecular formula is C8H8BrClN2O2S2. The molecule has 0 fully saturated rings. The van der Waals surface area contributed by atoms with E-state index in [1.807, 2.05) is 0 Å². The summed E-state index contributed by atoms with van der Waals surface area (Å²) in [5.41, 5.74) is 5.21. The Labute approximate surface area is 112 Å². The minimum absolute atomic E-state index is 0.0715. The van der Waals surface area contributed by atoms with E-state index in [1.165, 1.54) is 18.2 Å². The summed E-state index contributed by atoms with van der Waals surface area (Å²) in [4.78, 5) is 0.177. The average molecular weight is 344 g/mol. The molecule has 4 nitrogen and oxygen atoms in total. The largest absolute Gasteiger partial charge is 0.392 e. The highest BCUT2D eigenvalue weighted by molar-refractivity contribution is 9.10. The first-order valence-corrected chi connectivity index (χ1v) is 7.12. The topological polar surface area (TPSA) is 72.2 Å². The van der Waals surface area contributed by atoms with Crippen LogP contribution in [0.5, 0.6) is 0 Å². The Morgan fingerprint density at radius 3 is 2.69 bits per heavy atom. The van der Waals surface area contributed by atoms with Gasteiger partial charge in [-0.1, -0.05) is 23.8 Å². The van der Waals surface area contributed by atoms with Crippen LogP contribution in [0.1, 0.15) is 0 Å². The number of thiocarbonyl (C=S) groups is 1. The average Bonchev–Trinajstić information content (AvgIpc) is 2.19. The first-order chi connectivity index (χ1) is 7.33. The van der Waals surface area contributed by atoms with Crippen LogP contribution in [0, 0.1) is 0 Å². The van der Waals surface area contributed by atoms with Crippen molar-refractivity contribution < 1.29 is 8.42 Å². The fourth-order valence-corrected chi connectivity index (χ4v) is 2.74. The van der Waals surface area contributed by atoms with Crippen LogP contribution in [0.2, 0.25) is 5.02 Å². The lowest BCUT2D eigenvalue weighted by molar-refractivity contribution is 0.586. The van der Waals surface area contributed by atoms with E-state index >= 15 is 0 Å². The van der Waals surface area contributed by atoms with Gasteiger partial charge in [0.05, 0.1) is 21.5 Å². The highest BCUT2D eigenvalue weighted by Gasteiger charge is 2.14. The van der Waals surface area contributed by atoms with Crippen LogP contribution in [0.4, 0.5) is 0 Å². The highest BCUT2D eigenvalue weighted by atomic mass is 79.9. The quantitative estimate of drug-likeness (QED) is 0.816. The zero-order valence-corrected chi connectivity index (χ0v) is 11.9. The number of nitrogens with two attached hydrogens (primary N) is 1. The minimum Gasteiger partial charge on any atom is -0.392 e. The number of hydrogen-bond acceptors (Lipinski definition) is 3. The van der Waals surface area contributed by atoms with Crippen molar-refractivity contribution in [3.05, 3.63) is 27.7 Å². The molecule has 0 heterocycles. The molecule has 0 saturated heterocycles. The lowest BCUT2D eigenvalue weighted by Crippen LogP contribution is -2.32. The second kappa shape index (κ2) is 5.42. The Bertz CT molecular complexity index is 519. The highest BCUT2D eigenvalue weighted by Crippen LogP contribution is 2.25. The van der Waals surface area contributed by atoms with Gasteiger partial charge in [0.2, 0.25) is 10.0 Å². The van der Waals surface area contributed by atoms with Gasteiger partial charge in [-0.25, -0.2) is 13.1 Å². The molecule has 16 heavy (non-hydrogen) atoms. The van der Waals surface area contributed by atoms with Gasteiger partial charge in [0, 0.05) is 4.47 Å². The number of nitrogens with one attached hydrogen (secondary N) is 1. The zero-order chi connectivity index (χ0) is 12.3. The molecule has 0 aliphatic heterocycles. The second-order valence-electron chi connectivity index (χ2n) is 2.87. The molecule has 0 aromatic heterocycles. The van der Waals surface area contributed by atoms with Crippen LogP contribution in [-0.2, 0) is 10.0 Å². The summed E-state index contributed by atoms with van der Waals surface area (Å²) in [5, 5.41) is 0.438. The summed E-state index contributed by atoms with van der Waals surface area (Å²) in [6.07, 6.45) is 0. The SMILES string of the molecule is NC(=S)CNS(=O)(=O)c1ccc(Cl)c(Br)c1. The van der Waals surface area contributed by atoms with E-state index < -0.39 is 10.0 Å². The maximum Gasteiger partial charge on any atom is 0.240 e. The molecule has 0 unspecified atom stereocenters. The molecule has 0 atom stereocenters. The van der Waals surface area contributed by atoms with Crippen molar-refractivity contribution in [3.63, 3.8) is 0 Å². The van der Waals surface area contributed by atoms with E-state index in [0.29, 0.717) is 9.50 Å². The van der Waals surface area contributed by atoms with Crippen molar-refractivity contribution in [1.29, 1.82) is 0 Å². The molecular weight excluding hydrogens is 336 g/mol. The van der Waals surface area contributed by atoms with Crippen LogP contribution in [-0.4, -0.2) is 20.0 Å². The van der Waals surface area contributed by atoms with Gasteiger partial charge in [0.15, 0.2) is 0 Å². The van der Waals surface area contributed by atoms with Crippen molar-refractivity contribution in [3.8, 4) is 0 Å². The Balaban J connectivity index is 2.99. The summed E-state index contributed by atoms with van der Waals surface area (Å²) >= 11 is 13.5. The van der Waals surface area contributed by atoms with E-state index in [0.717, 1.165) is 0 Å². The van der Waals surface area contributed by atoms with Crippen molar-refractivity contribution in [2.75, 3.05) is 6.54 Å². The van der Waals surface area contributed by atoms with Gasteiger partial charge in [-0.15, -0.1) is 0 Å². The van der Waals surface area contributed by atoms with Crippen LogP contribution in [0.25, 0.3) is 0 Å². The first kappa shape index (κ1) is 13.9. The molecule has 1 rings (SSSR count). The normalized spacial score (nSPS) is 11.4. The predicted octanol–water partition coefficient (Wildman–Crippen LogP) is 1.67. The van der Waals surface area contributed by atoms with Crippen LogP contribution in [0.3, 0.4) is 0 Å². The maximum absolute atomic E-state index is 11.7. The molecule has 0 aliphatic carbocycles. The van der Waals surface area contributed by atoms with Crippen LogP contribution >= 0.6 is 39.7 Å². The zero-order valence-electron chi connectivity index (χ0n) is 7.91. The molecule has 8 heteroatoms. The molecule has 1 aromatic carbocycles. The van der Waals surface area contributed by atoms with E-state index in [9.17, 15) is 8.42 Å². The van der Waals surface area contributed by atoms with Crippen LogP contribution < -0.4 is 10.5 Å². The Kier molecular flexibility index (Phi) is 4.69. The summed E-state index contributed by atoms with van der Waals surface area (Å²) in [6, 6.07) is 4.29. The molecule has 0 saturated carbocycles. The van der Waals surface area contributed by atoms with Gasteiger partial charge in [0.25, 0.3) is 0 Å². The lowest BCUT2D eigenvalue weighted by atomic mass is 10.4. The number of rotatable bonds is 4. The van der Waals surface area contributed by atoms with Gasteiger partial charge >= 0.3 is 0 Å². The summed E-state index contributed by atoms with van der Waals surface area (Å²) < 4.78 is 26.2. The Morgan fingerprint density at radius 1 is 1.56 bits per heavy atom. The number of benzene rings is 1. The summed E-state index contributed by atoms with van der Waals surface area (Å²) in [5.74, 6) is 0. The van der Waals surface area contributed by atoms with Gasteiger partial charge in [-0.3, -0.25) is 0 Å². The smallest absolute Gasteiger partial charge is 0.240 e. The van der Waals surface area contributed by atoms with Crippen molar-refractivity contribution in [2.24, 2.45) is 5.73 Å². The third kappa shape index (κ3) is 3.67. The van der Waals surface area contributed by atoms with E-state index in [-0.39, 0.29) is 16.4 Å². The van der Waals surface area contributed by atoms with E-state index in [4.69, 9.17) is 17.3 Å².